The molecule has 1 aliphatic heterocycles. The van der Waals surface area contributed by atoms with E-state index in [1.54, 1.807) is 0 Å². The fourth-order valence-electron chi connectivity index (χ4n) is 3.03. The molecule has 0 saturated carbocycles. The number of piperidine rings is 1. The highest BCUT2D eigenvalue weighted by atomic mass is 16.3. The minimum Gasteiger partial charge on any atom is -0.443 e. The zero-order valence-corrected chi connectivity index (χ0v) is 10.1. The molecular formula is C14H15N3O. The smallest absolute Gasteiger partial charge is 0.182 e. The van der Waals surface area contributed by atoms with E-state index in [0.717, 1.165) is 29.7 Å². The minimum absolute atomic E-state index is 0.627. The van der Waals surface area contributed by atoms with Crippen LogP contribution >= 0.6 is 0 Å². The second-order valence-electron chi connectivity index (χ2n) is 4.96. The van der Waals surface area contributed by atoms with Crippen LogP contribution in [-0.2, 0) is 0 Å². The molecular weight excluding hydrogens is 226 g/mol. The second kappa shape index (κ2) is 3.85. The van der Waals surface area contributed by atoms with Gasteiger partial charge in [0.05, 0.1) is 0 Å². The van der Waals surface area contributed by atoms with Gasteiger partial charge in [-0.2, -0.15) is 0 Å². The lowest BCUT2D eigenvalue weighted by molar-refractivity contribution is 0.462. The zero-order valence-electron chi connectivity index (χ0n) is 10.1. The average Bonchev–Trinajstić information content (AvgIpc) is 3.05. The summed E-state index contributed by atoms with van der Waals surface area (Å²) < 4.78 is 5.40. The third kappa shape index (κ3) is 1.39. The summed E-state index contributed by atoms with van der Waals surface area (Å²) in [6, 6.07) is 4.06. The molecule has 3 aromatic rings. The van der Waals surface area contributed by atoms with E-state index in [9.17, 15) is 0 Å². The van der Waals surface area contributed by atoms with Crippen LogP contribution in [0.5, 0.6) is 0 Å². The van der Waals surface area contributed by atoms with Gasteiger partial charge in [-0.1, -0.05) is 0 Å². The second-order valence-corrected chi connectivity index (χ2v) is 4.96. The summed E-state index contributed by atoms with van der Waals surface area (Å²) in [6.45, 7) is 2.21. The predicted octanol–water partition coefficient (Wildman–Crippen LogP) is 2.78. The Morgan fingerprint density at radius 2 is 2.11 bits per heavy atom. The summed E-state index contributed by atoms with van der Waals surface area (Å²) in [4.78, 5) is 7.74. The molecule has 0 amide bonds. The zero-order chi connectivity index (χ0) is 11.9. The van der Waals surface area contributed by atoms with Crippen LogP contribution in [0.3, 0.4) is 0 Å². The fourth-order valence-corrected chi connectivity index (χ4v) is 3.03. The van der Waals surface area contributed by atoms with Crippen LogP contribution in [-0.4, -0.2) is 23.1 Å². The van der Waals surface area contributed by atoms with E-state index < -0.39 is 0 Å². The molecule has 2 N–H and O–H groups in total. The fraction of sp³-hybridized carbons (Fsp3) is 0.357. The first-order valence-electron chi connectivity index (χ1n) is 6.47. The first kappa shape index (κ1) is 10.1. The van der Waals surface area contributed by atoms with Gasteiger partial charge in [0.1, 0.15) is 5.52 Å². The largest absolute Gasteiger partial charge is 0.443 e. The summed E-state index contributed by atoms with van der Waals surface area (Å²) in [7, 11) is 0. The highest BCUT2D eigenvalue weighted by Gasteiger charge is 2.20. The van der Waals surface area contributed by atoms with Crippen molar-refractivity contribution in [1.29, 1.82) is 0 Å². The van der Waals surface area contributed by atoms with Gasteiger partial charge in [-0.15, -0.1) is 0 Å². The quantitative estimate of drug-likeness (QED) is 0.688. The van der Waals surface area contributed by atoms with Crippen molar-refractivity contribution < 1.29 is 4.42 Å². The van der Waals surface area contributed by atoms with E-state index >= 15 is 0 Å². The monoisotopic (exact) mass is 241 g/mol. The summed E-state index contributed by atoms with van der Waals surface area (Å²) in [5.74, 6) is 0.627. The number of nitrogens with zero attached hydrogens (tertiary/aromatic N) is 1. The van der Waals surface area contributed by atoms with Gasteiger partial charge in [0.2, 0.25) is 0 Å². The van der Waals surface area contributed by atoms with Crippen LogP contribution in [0, 0.1) is 0 Å². The highest BCUT2D eigenvalue weighted by Crippen LogP contribution is 2.35. The Hall–Kier alpha value is -1.81. The van der Waals surface area contributed by atoms with Crippen LogP contribution in [0.2, 0.25) is 0 Å². The molecule has 1 aromatic carbocycles. The Kier molecular flexibility index (Phi) is 2.17. The number of aromatic nitrogens is 2. The van der Waals surface area contributed by atoms with Crippen molar-refractivity contribution in [3.63, 3.8) is 0 Å². The van der Waals surface area contributed by atoms with Gasteiger partial charge in [0.15, 0.2) is 12.0 Å². The Balaban J connectivity index is 1.96. The maximum atomic E-state index is 5.40. The van der Waals surface area contributed by atoms with E-state index in [-0.39, 0.29) is 0 Å². The van der Waals surface area contributed by atoms with Gasteiger partial charge in [-0.25, -0.2) is 4.98 Å². The third-order valence-corrected chi connectivity index (χ3v) is 3.95. The first-order chi connectivity index (χ1) is 8.93. The van der Waals surface area contributed by atoms with E-state index in [2.05, 4.69) is 27.5 Å². The molecule has 0 unspecified atom stereocenters. The number of nitrogens with one attached hydrogen (secondary N) is 2. The normalized spacial score (nSPS) is 17.8. The maximum absolute atomic E-state index is 5.40. The summed E-state index contributed by atoms with van der Waals surface area (Å²) in [5.41, 5.74) is 4.41. The number of fused-ring (bicyclic) bond motifs is 3. The summed E-state index contributed by atoms with van der Waals surface area (Å²) in [5, 5.41) is 4.66. The lowest BCUT2D eigenvalue weighted by atomic mass is 9.90. The Bertz CT molecular complexity index is 691. The van der Waals surface area contributed by atoms with Crippen molar-refractivity contribution in [2.75, 3.05) is 13.1 Å². The summed E-state index contributed by atoms with van der Waals surface area (Å²) in [6.07, 6.45) is 6.07. The number of hydrogen-bond acceptors (Lipinski definition) is 3. The van der Waals surface area contributed by atoms with Crippen LogP contribution in [0.25, 0.3) is 22.0 Å². The molecule has 0 spiro atoms. The van der Waals surface area contributed by atoms with Gasteiger partial charge >= 0.3 is 0 Å². The first-order valence-corrected chi connectivity index (χ1v) is 6.47. The average molecular weight is 241 g/mol. The van der Waals surface area contributed by atoms with E-state index in [1.807, 2.05) is 6.07 Å². The SMILES string of the molecule is c1nc2c(ccc3[nH]cc(C4CCNCC4)c32)o1. The molecule has 4 heteroatoms. The molecule has 1 fully saturated rings. The molecule has 0 bridgehead atoms. The molecule has 92 valence electrons. The van der Waals surface area contributed by atoms with Crippen LogP contribution in [0.4, 0.5) is 0 Å². The topological polar surface area (TPSA) is 53.9 Å². The Morgan fingerprint density at radius 3 is 3.00 bits per heavy atom. The molecule has 0 aliphatic carbocycles. The number of H-pyrrole nitrogens is 1. The molecule has 1 aliphatic rings. The van der Waals surface area contributed by atoms with Crippen molar-refractivity contribution in [2.45, 2.75) is 18.8 Å². The molecule has 4 rings (SSSR count). The van der Waals surface area contributed by atoms with Crippen molar-refractivity contribution in [1.82, 2.24) is 15.3 Å². The number of aromatic amines is 1. The lowest BCUT2D eigenvalue weighted by Crippen LogP contribution is -2.26. The molecule has 0 atom stereocenters. The van der Waals surface area contributed by atoms with Crippen LogP contribution in [0.1, 0.15) is 24.3 Å². The maximum Gasteiger partial charge on any atom is 0.182 e. The minimum atomic E-state index is 0.627. The highest BCUT2D eigenvalue weighted by molar-refractivity contribution is 6.04. The van der Waals surface area contributed by atoms with Crippen molar-refractivity contribution in [3.05, 3.63) is 30.3 Å². The van der Waals surface area contributed by atoms with E-state index in [4.69, 9.17) is 4.42 Å². The summed E-state index contributed by atoms with van der Waals surface area (Å²) >= 11 is 0. The molecule has 18 heavy (non-hydrogen) atoms. The van der Waals surface area contributed by atoms with Gasteiger partial charge in [-0.05, 0) is 49.5 Å². The number of oxazole rings is 1. The Labute approximate surface area is 104 Å². The number of benzene rings is 1. The van der Waals surface area contributed by atoms with Gasteiger partial charge < -0.3 is 14.7 Å². The van der Waals surface area contributed by atoms with Gasteiger partial charge in [0.25, 0.3) is 0 Å². The third-order valence-electron chi connectivity index (χ3n) is 3.95. The predicted molar refractivity (Wildman–Crippen MR) is 70.7 cm³/mol. The van der Waals surface area contributed by atoms with E-state index in [0.29, 0.717) is 5.92 Å². The Morgan fingerprint density at radius 1 is 1.22 bits per heavy atom. The molecule has 4 nitrogen and oxygen atoms in total. The number of rotatable bonds is 1. The van der Waals surface area contributed by atoms with Crippen LogP contribution < -0.4 is 5.32 Å². The van der Waals surface area contributed by atoms with Crippen LogP contribution in [0.15, 0.2) is 29.1 Å². The lowest BCUT2D eigenvalue weighted by Gasteiger charge is -2.22. The van der Waals surface area contributed by atoms with E-state index in [1.165, 1.54) is 30.2 Å². The van der Waals surface area contributed by atoms with Crippen molar-refractivity contribution in [3.8, 4) is 0 Å². The van der Waals surface area contributed by atoms with Crippen molar-refractivity contribution >= 4 is 22.0 Å². The van der Waals surface area contributed by atoms with Gasteiger partial charge in [-0.3, -0.25) is 0 Å². The molecule has 1 saturated heterocycles. The molecule has 2 aromatic heterocycles. The molecule has 0 radical (unpaired) electrons. The van der Waals surface area contributed by atoms with Gasteiger partial charge in [0, 0.05) is 17.1 Å². The standard InChI is InChI=1S/C14H15N3O/c1-2-12-14(17-8-18-12)13-10(7-16-11(1)13)9-3-5-15-6-4-9/h1-2,7-9,15-16H,3-6H2. The van der Waals surface area contributed by atoms with Crippen molar-refractivity contribution in [2.24, 2.45) is 0 Å². The number of hydrogen-bond donors (Lipinski definition) is 2. The molecule has 3 heterocycles.